The minimum absolute atomic E-state index is 0.247. The van der Waals surface area contributed by atoms with Crippen molar-refractivity contribution in [3.8, 4) is 11.3 Å². The third-order valence-electron chi connectivity index (χ3n) is 2.58. The van der Waals surface area contributed by atoms with Crippen LogP contribution in [0.2, 0.25) is 0 Å². The van der Waals surface area contributed by atoms with Crippen molar-refractivity contribution >= 4 is 11.9 Å². The summed E-state index contributed by atoms with van der Waals surface area (Å²) in [5.41, 5.74) is 2.65. The summed E-state index contributed by atoms with van der Waals surface area (Å²) in [6, 6.07) is 6.71. The fraction of sp³-hybridized carbons (Fsp3) is 0.154. The normalized spacial score (nSPS) is 10.1. The minimum Gasteiger partial charge on any atom is -0.478 e. The van der Waals surface area contributed by atoms with Gasteiger partial charge in [0, 0.05) is 18.8 Å². The van der Waals surface area contributed by atoms with Crippen LogP contribution < -0.4 is 5.32 Å². The van der Waals surface area contributed by atoms with E-state index in [0.717, 1.165) is 16.8 Å². The van der Waals surface area contributed by atoms with Crippen molar-refractivity contribution in [3.63, 3.8) is 0 Å². The average Bonchev–Trinajstić information content (AvgIpc) is 2.39. The second-order valence-electron chi connectivity index (χ2n) is 3.86. The molecule has 1 aromatic heterocycles. The van der Waals surface area contributed by atoms with E-state index in [4.69, 9.17) is 5.11 Å². The maximum absolute atomic E-state index is 10.9. The first-order chi connectivity index (χ1) is 8.61. The van der Waals surface area contributed by atoms with Gasteiger partial charge in [0.05, 0.1) is 11.3 Å². The fourth-order valence-electron chi connectivity index (χ4n) is 1.65. The molecule has 0 fully saturated rings. The minimum atomic E-state index is -0.947. The zero-order valence-electron chi connectivity index (χ0n) is 10.1. The molecule has 0 bridgehead atoms. The lowest BCUT2D eigenvalue weighted by molar-refractivity contribution is 0.0697. The highest BCUT2D eigenvalue weighted by atomic mass is 16.4. The van der Waals surface area contributed by atoms with Crippen molar-refractivity contribution < 1.29 is 9.90 Å². The number of rotatable bonds is 3. The topological polar surface area (TPSA) is 75.1 Å². The Morgan fingerprint density at radius 1 is 1.39 bits per heavy atom. The molecule has 0 spiro atoms. The summed E-state index contributed by atoms with van der Waals surface area (Å²) in [6.45, 7) is 1.89. The number of carbonyl (C=O) groups is 1. The molecule has 5 nitrogen and oxygen atoms in total. The zero-order chi connectivity index (χ0) is 13.1. The average molecular weight is 243 g/mol. The molecular formula is C13H13N3O2. The van der Waals surface area contributed by atoms with E-state index in [1.165, 1.54) is 0 Å². The van der Waals surface area contributed by atoms with Crippen LogP contribution in [0.3, 0.4) is 0 Å². The van der Waals surface area contributed by atoms with Gasteiger partial charge in [0.1, 0.15) is 0 Å². The number of carboxylic acid groups (broad SMARTS) is 1. The first kappa shape index (κ1) is 12.0. The molecule has 18 heavy (non-hydrogen) atoms. The molecule has 0 atom stereocenters. The molecule has 0 aliphatic rings. The molecule has 1 heterocycles. The quantitative estimate of drug-likeness (QED) is 0.864. The van der Waals surface area contributed by atoms with Crippen molar-refractivity contribution in [3.05, 3.63) is 41.6 Å². The van der Waals surface area contributed by atoms with E-state index in [9.17, 15) is 4.79 Å². The van der Waals surface area contributed by atoms with Gasteiger partial charge >= 0.3 is 5.97 Å². The Bertz CT molecular complexity index is 597. The van der Waals surface area contributed by atoms with Gasteiger partial charge < -0.3 is 10.4 Å². The first-order valence-corrected chi connectivity index (χ1v) is 5.47. The highest BCUT2D eigenvalue weighted by molar-refractivity contribution is 5.89. The number of nitrogens with one attached hydrogen (secondary N) is 1. The summed E-state index contributed by atoms with van der Waals surface area (Å²) in [5, 5.41) is 11.8. The third kappa shape index (κ3) is 2.29. The van der Waals surface area contributed by atoms with Crippen LogP contribution in [0.25, 0.3) is 11.3 Å². The lowest BCUT2D eigenvalue weighted by Gasteiger charge is -2.07. The molecule has 0 saturated carbocycles. The number of aromatic nitrogens is 2. The number of hydrogen-bond donors (Lipinski definition) is 2. The number of benzene rings is 1. The van der Waals surface area contributed by atoms with Gasteiger partial charge in [-0.15, -0.1) is 0 Å². The number of nitrogens with zero attached hydrogens (tertiary/aromatic N) is 2. The molecule has 92 valence electrons. The summed E-state index contributed by atoms with van der Waals surface area (Å²) < 4.78 is 0. The number of aryl methyl sites for hydroxylation is 1. The van der Waals surface area contributed by atoms with Gasteiger partial charge in [-0.05, 0) is 24.6 Å². The number of anilines is 1. The van der Waals surface area contributed by atoms with E-state index >= 15 is 0 Å². The Kier molecular flexibility index (Phi) is 3.23. The van der Waals surface area contributed by atoms with Crippen molar-refractivity contribution in [1.82, 2.24) is 9.97 Å². The molecule has 0 saturated heterocycles. The maximum Gasteiger partial charge on any atom is 0.335 e. The lowest BCUT2D eigenvalue weighted by atomic mass is 10.1. The maximum atomic E-state index is 10.9. The largest absolute Gasteiger partial charge is 0.478 e. The zero-order valence-corrected chi connectivity index (χ0v) is 10.1. The molecule has 2 N–H and O–H groups in total. The summed E-state index contributed by atoms with van der Waals surface area (Å²) >= 11 is 0. The molecule has 0 radical (unpaired) electrons. The predicted molar refractivity (Wildman–Crippen MR) is 68.7 cm³/mol. The van der Waals surface area contributed by atoms with E-state index in [1.54, 1.807) is 31.4 Å². The molecular weight excluding hydrogens is 230 g/mol. The van der Waals surface area contributed by atoms with Crippen LogP contribution in [0.4, 0.5) is 5.95 Å². The van der Waals surface area contributed by atoms with E-state index in [-0.39, 0.29) is 5.56 Å². The standard InChI is InChI=1S/C13H13N3O2/c1-8-7-15-13(14-2)16-11(8)9-4-3-5-10(6-9)12(17)18/h3-7H,1-2H3,(H,17,18)(H,14,15,16). The molecule has 0 aliphatic heterocycles. The smallest absolute Gasteiger partial charge is 0.335 e. The van der Waals surface area contributed by atoms with Crippen molar-refractivity contribution in [2.24, 2.45) is 0 Å². The number of carboxylic acids is 1. The fourth-order valence-corrected chi connectivity index (χ4v) is 1.65. The van der Waals surface area contributed by atoms with E-state index < -0.39 is 5.97 Å². The van der Waals surface area contributed by atoms with Gasteiger partial charge in [0.2, 0.25) is 5.95 Å². The van der Waals surface area contributed by atoms with Crippen molar-refractivity contribution in [2.75, 3.05) is 12.4 Å². The second-order valence-corrected chi connectivity index (χ2v) is 3.86. The monoisotopic (exact) mass is 243 g/mol. The van der Waals surface area contributed by atoms with Gasteiger partial charge in [-0.2, -0.15) is 0 Å². The predicted octanol–water partition coefficient (Wildman–Crippen LogP) is 2.19. The highest BCUT2D eigenvalue weighted by Gasteiger charge is 2.09. The van der Waals surface area contributed by atoms with E-state index in [0.29, 0.717) is 5.95 Å². The Hall–Kier alpha value is -2.43. The van der Waals surface area contributed by atoms with Crippen LogP contribution in [-0.4, -0.2) is 28.1 Å². The van der Waals surface area contributed by atoms with Crippen LogP contribution in [0.15, 0.2) is 30.5 Å². The van der Waals surface area contributed by atoms with Crippen LogP contribution >= 0.6 is 0 Å². The molecule has 5 heteroatoms. The molecule has 0 unspecified atom stereocenters. The molecule has 1 aromatic carbocycles. The Morgan fingerprint density at radius 3 is 2.83 bits per heavy atom. The molecule has 2 aromatic rings. The van der Waals surface area contributed by atoms with E-state index in [1.807, 2.05) is 13.0 Å². The first-order valence-electron chi connectivity index (χ1n) is 5.47. The van der Waals surface area contributed by atoms with Crippen LogP contribution in [0.1, 0.15) is 15.9 Å². The summed E-state index contributed by atoms with van der Waals surface area (Å²) in [6.07, 6.45) is 1.71. The van der Waals surface area contributed by atoms with Crippen molar-refractivity contribution in [1.29, 1.82) is 0 Å². The van der Waals surface area contributed by atoms with Crippen molar-refractivity contribution in [2.45, 2.75) is 6.92 Å². The van der Waals surface area contributed by atoms with Gasteiger partial charge in [-0.1, -0.05) is 12.1 Å². The third-order valence-corrected chi connectivity index (χ3v) is 2.58. The van der Waals surface area contributed by atoms with E-state index in [2.05, 4.69) is 15.3 Å². The summed E-state index contributed by atoms with van der Waals surface area (Å²) in [5.74, 6) is -0.436. The van der Waals surface area contributed by atoms with Crippen LogP contribution in [0, 0.1) is 6.92 Å². The summed E-state index contributed by atoms with van der Waals surface area (Å²) in [4.78, 5) is 19.4. The van der Waals surface area contributed by atoms with Gasteiger partial charge in [0.15, 0.2) is 0 Å². The van der Waals surface area contributed by atoms with Crippen LogP contribution in [0.5, 0.6) is 0 Å². The number of hydrogen-bond acceptors (Lipinski definition) is 4. The Labute approximate surface area is 105 Å². The lowest BCUT2D eigenvalue weighted by Crippen LogP contribution is -2.00. The van der Waals surface area contributed by atoms with Crippen LogP contribution in [-0.2, 0) is 0 Å². The highest BCUT2D eigenvalue weighted by Crippen LogP contribution is 2.22. The molecule has 0 amide bonds. The molecule has 0 aliphatic carbocycles. The second kappa shape index (κ2) is 4.83. The Balaban J connectivity index is 2.54. The van der Waals surface area contributed by atoms with Gasteiger partial charge in [-0.3, -0.25) is 0 Å². The van der Waals surface area contributed by atoms with Gasteiger partial charge in [0.25, 0.3) is 0 Å². The summed E-state index contributed by atoms with van der Waals surface area (Å²) in [7, 11) is 1.74. The SMILES string of the molecule is CNc1ncc(C)c(-c2cccc(C(=O)O)c2)n1. The molecule has 2 rings (SSSR count). The Morgan fingerprint density at radius 2 is 2.17 bits per heavy atom. The van der Waals surface area contributed by atoms with Gasteiger partial charge in [-0.25, -0.2) is 14.8 Å². The number of aromatic carboxylic acids is 1.